The molecule has 0 fully saturated rings. The molecule has 0 aromatic carbocycles. The Hall–Kier alpha value is -0.870. The molecule has 0 aliphatic rings. The second kappa shape index (κ2) is 4.23. The van der Waals surface area contributed by atoms with E-state index >= 15 is 0 Å². The van der Waals surface area contributed by atoms with Gasteiger partial charge < -0.3 is 11.1 Å². The zero-order valence-corrected chi connectivity index (χ0v) is 7.59. The molecule has 0 saturated carbocycles. The highest BCUT2D eigenvalue weighted by molar-refractivity contribution is 5.06. The van der Waals surface area contributed by atoms with Crippen LogP contribution in [0.3, 0.4) is 0 Å². The van der Waals surface area contributed by atoms with Gasteiger partial charge in [0.25, 0.3) is 0 Å². The molecule has 12 heavy (non-hydrogen) atoms. The largest absolute Gasteiger partial charge is 0.329 e. The van der Waals surface area contributed by atoms with E-state index in [-0.39, 0.29) is 0 Å². The van der Waals surface area contributed by atoms with E-state index in [0.29, 0.717) is 12.6 Å². The van der Waals surface area contributed by atoms with Crippen molar-refractivity contribution in [2.75, 3.05) is 6.54 Å². The number of aryl methyl sites for hydroxylation is 1. The average Bonchev–Trinajstić information content (AvgIpc) is 2.47. The van der Waals surface area contributed by atoms with Crippen LogP contribution in [0.4, 0.5) is 0 Å². The van der Waals surface area contributed by atoms with E-state index in [1.165, 1.54) is 0 Å². The standard InChI is InChI=1S/C8H16N4/c1-6-3-8(12-11-6)5-10-7(2)4-9/h3,7,10H,4-5,9H2,1-2H3,(H,11,12)/t7-/m0/s1. The molecule has 1 aromatic heterocycles. The molecular formula is C8H16N4. The Labute approximate surface area is 72.5 Å². The van der Waals surface area contributed by atoms with Gasteiger partial charge >= 0.3 is 0 Å². The molecule has 1 aromatic rings. The van der Waals surface area contributed by atoms with Crippen molar-refractivity contribution in [2.45, 2.75) is 26.4 Å². The molecule has 0 spiro atoms. The van der Waals surface area contributed by atoms with E-state index in [4.69, 9.17) is 5.73 Å². The molecule has 0 bridgehead atoms. The van der Waals surface area contributed by atoms with E-state index in [2.05, 4.69) is 22.4 Å². The number of H-pyrrole nitrogens is 1. The van der Waals surface area contributed by atoms with Crippen molar-refractivity contribution < 1.29 is 0 Å². The number of hydrogen-bond donors (Lipinski definition) is 3. The maximum atomic E-state index is 5.45. The summed E-state index contributed by atoms with van der Waals surface area (Å²) in [5.41, 5.74) is 7.58. The van der Waals surface area contributed by atoms with E-state index in [1.807, 2.05) is 13.0 Å². The lowest BCUT2D eigenvalue weighted by molar-refractivity contribution is 0.550. The lowest BCUT2D eigenvalue weighted by Crippen LogP contribution is -2.32. The van der Waals surface area contributed by atoms with Crippen molar-refractivity contribution in [1.82, 2.24) is 15.5 Å². The summed E-state index contributed by atoms with van der Waals surface area (Å²) < 4.78 is 0. The highest BCUT2D eigenvalue weighted by Crippen LogP contribution is 1.96. The highest BCUT2D eigenvalue weighted by Gasteiger charge is 2.00. The van der Waals surface area contributed by atoms with Crippen molar-refractivity contribution in [1.29, 1.82) is 0 Å². The summed E-state index contributed by atoms with van der Waals surface area (Å²) in [6.07, 6.45) is 0. The number of nitrogens with zero attached hydrogens (tertiary/aromatic N) is 1. The fourth-order valence-electron chi connectivity index (χ4n) is 0.927. The SMILES string of the molecule is Cc1cc(CN[C@@H](C)CN)n[nH]1. The summed E-state index contributed by atoms with van der Waals surface area (Å²) in [6, 6.07) is 2.37. The second-order valence-electron chi connectivity index (χ2n) is 3.06. The number of nitrogens with two attached hydrogens (primary N) is 1. The Balaban J connectivity index is 2.33. The minimum absolute atomic E-state index is 0.349. The Morgan fingerprint density at radius 2 is 2.50 bits per heavy atom. The molecule has 0 amide bonds. The summed E-state index contributed by atoms with van der Waals surface area (Å²) in [4.78, 5) is 0. The number of aromatic nitrogens is 2. The molecule has 0 aliphatic heterocycles. The topological polar surface area (TPSA) is 66.7 Å². The van der Waals surface area contributed by atoms with Crippen molar-refractivity contribution >= 4 is 0 Å². The lowest BCUT2D eigenvalue weighted by atomic mass is 10.3. The Morgan fingerprint density at radius 3 is 3.00 bits per heavy atom. The number of nitrogens with one attached hydrogen (secondary N) is 2. The van der Waals surface area contributed by atoms with Crippen molar-refractivity contribution in [3.8, 4) is 0 Å². The molecule has 1 rings (SSSR count). The maximum absolute atomic E-state index is 5.45. The summed E-state index contributed by atoms with van der Waals surface area (Å²) in [6.45, 7) is 5.48. The molecule has 1 atom stereocenters. The van der Waals surface area contributed by atoms with Gasteiger partial charge in [0.1, 0.15) is 0 Å². The van der Waals surface area contributed by atoms with Gasteiger partial charge in [0.05, 0.1) is 5.69 Å². The number of rotatable bonds is 4. The first-order chi connectivity index (χ1) is 5.72. The third-order valence-corrected chi connectivity index (χ3v) is 1.74. The molecule has 1 heterocycles. The van der Waals surface area contributed by atoms with Gasteiger partial charge in [-0.05, 0) is 19.9 Å². The smallest absolute Gasteiger partial charge is 0.0762 e. The fourth-order valence-corrected chi connectivity index (χ4v) is 0.927. The predicted molar refractivity (Wildman–Crippen MR) is 48.7 cm³/mol. The highest BCUT2D eigenvalue weighted by atomic mass is 15.1. The first kappa shape index (κ1) is 9.22. The van der Waals surface area contributed by atoms with Crippen molar-refractivity contribution in [3.05, 3.63) is 17.5 Å². The molecule has 4 heteroatoms. The second-order valence-corrected chi connectivity index (χ2v) is 3.06. The van der Waals surface area contributed by atoms with Gasteiger partial charge in [-0.3, -0.25) is 5.10 Å². The fraction of sp³-hybridized carbons (Fsp3) is 0.625. The zero-order chi connectivity index (χ0) is 8.97. The summed E-state index contributed by atoms with van der Waals surface area (Å²) in [7, 11) is 0. The average molecular weight is 168 g/mol. The molecule has 0 unspecified atom stereocenters. The Kier molecular flexibility index (Phi) is 3.25. The van der Waals surface area contributed by atoms with Crippen LogP contribution in [0.25, 0.3) is 0 Å². The first-order valence-electron chi connectivity index (χ1n) is 4.16. The zero-order valence-electron chi connectivity index (χ0n) is 7.59. The first-order valence-corrected chi connectivity index (χ1v) is 4.16. The van der Waals surface area contributed by atoms with E-state index in [9.17, 15) is 0 Å². The lowest BCUT2D eigenvalue weighted by Gasteiger charge is -2.08. The summed E-state index contributed by atoms with van der Waals surface area (Å²) in [5, 5.41) is 10.2. The van der Waals surface area contributed by atoms with E-state index < -0.39 is 0 Å². The van der Waals surface area contributed by atoms with Gasteiger partial charge in [-0.1, -0.05) is 0 Å². The van der Waals surface area contributed by atoms with E-state index in [0.717, 1.165) is 17.9 Å². The number of aromatic amines is 1. The minimum atomic E-state index is 0.349. The monoisotopic (exact) mass is 168 g/mol. The van der Waals surface area contributed by atoms with Crippen LogP contribution >= 0.6 is 0 Å². The molecule has 0 radical (unpaired) electrons. The molecule has 0 saturated heterocycles. The molecule has 0 aliphatic carbocycles. The molecule has 4 nitrogen and oxygen atoms in total. The quantitative estimate of drug-likeness (QED) is 0.599. The van der Waals surface area contributed by atoms with Crippen LogP contribution < -0.4 is 11.1 Å². The van der Waals surface area contributed by atoms with Crippen LogP contribution in [0.5, 0.6) is 0 Å². The van der Waals surface area contributed by atoms with Gasteiger partial charge in [-0.15, -0.1) is 0 Å². The van der Waals surface area contributed by atoms with Gasteiger partial charge in [0, 0.05) is 24.8 Å². The molecular weight excluding hydrogens is 152 g/mol. The van der Waals surface area contributed by atoms with Gasteiger partial charge in [-0.2, -0.15) is 5.10 Å². The van der Waals surface area contributed by atoms with Crippen LogP contribution in [0.1, 0.15) is 18.3 Å². The third kappa shape index (κ3) is 2.64. The van der Waals surface area contributed by atoms with Crippen molar-refractivity contribution in [3.63, 3.8) is 0 Å². The Morgan fingerprint density at radius 1 is 1.75 bits per heavy atom. The maximum Gasteiger partial charge on any atom is 0.0762 e. The van der Waals surface area contributed by atoms with Crippen LogP contribution in [0, 0.1) is 6.92 Å². The minimum Gasteiger partial charge on any atom is -0.329 e. The molecule has 4 N–H and O–H groups in total. The van der Waals surface area contributed by atoms with Gasteiger partial charge in [0.15, 0.2) is 0 Å². The van der Waals surface area contributed by atoms with Crippen LogP contribution in [-0.2, 0) is 6.54 Å². The van der Waals surface area contributed by atoms with Gasteiger partial charge in [-0.25, -0.2) is 0 Å². The third-order valence-electron chi connectivity index (χ3n) is 1.74. The van der Waals surface area contributed by atoms with Gasteiger partial charge in [0.2, 0.25) is 0 Å². The van der Waals surface area contributed by atoms with Crippen LogP contribution in [0.2, 0.25) is 0 Å². The Bertz CT molecular complexity index is 231. The molecule has 68 valence electrons. The number of hydrogen-bond acceptors (Lipinski definition) is 3. The summed E-state index contributed by atoms with van der Waals surface area (Å²) >= 11 is 0. The van der Waals surface area contributed by atoms with Crippen LogP contribution in [0.15, 0.2) is 6.07 Å². The summed E-state index contributed by atoms with van der Waals surface area (Å²) in [5.74, 6) is 0. The van der Waals surface area contributed by atoms with Crippen LogP contribution in [-0.4, -0.2) is 22.8 Å². The normalized spacial score (nSPS) is 13.2. The van der Waals surface area contributed by atoms with E-state index in [1.54, 1.807) is 0 Å². The predicted octanol–water partition coefficient (Wildman–Crippen LogP) is 0.155. The van der Waals surface area contributed by atoms with Crippen molar-refractivity contribution in [2.24, 2.45) is 5.73 Å².